The van der Waals surface area contributed by atoms with Crippen LogP contribution in [0.5, 0.6) is 0 Å². The normalized spacial score (nSPS) is 14.9. The number of hydrogen-bond donors (Lipinski definition) is 1. The van der Waals surface area contributed by atoms with Crippen molar-refractivity contribution in [2.45, 2.75) is 26.7 Å². The van der Waals surface area contributed by atoms with Gasteiger partial charge in [-0.15, -0.1) is 9.42 Å². The molecule has 0 aliphatic rings. The van der Waals surface area contributed by atoms with Crippen molar-refractivity contribution in [1.29, 1.82) is 0 Å². The molecule has 0 rings (SSSR count). The predicted octanol–water partition coefficient (Wildman–Crippen LogP) is 2.09. The summed E-state index contributed by atoms with van der Waals surface area (Å²) in [5.41, 5.74) is 0. The Balaban J connectivity index is 3.21. The Morgan fingerprint density at radius 3 is 2.70 bits per heavy atom. The van der Waals surface area contributed by atoms with E-state index in [0.717, 1.165) is 12.8 Å². The first-order chi connectivity index (χ1) is 4.66. The molecule has 0 saturated heterocycles. The molecule has 0 aliphatic carbocycles. The Labute approximate surface area is 62.3 Å². The van der Waals surface area contributed by atoms with Crippen molar-refractivity contribution in [1.82, 2.24) is 0 Å². The van der Waals surface area contributed by atoms with Crippen LogP contribution in [0, 0.1) is 5.92 Å². The fourth-order valence-corrected chi connectivity index (χ4v) is 1.15. The van der Waals surface area contributed by atoms with Gasteiger partial charge in [0.25, 0.3) is 0 Å². The molecule has 0 saturated carbocycles. The van der Waals surface area contributed by atoms with Crippen LogP contribution in [0.25, 0.3) is 0 Å². The minimum atomic E-state index is -2.39. The van der Waals surface area contributed by atoms with Crippen LogP contribution in [-0.2, 0) is 9.09 Å². The summed E-state index contributed by atoms with van der Waals surface area (Å²) in [7, 11) is -2.39. The van der Waals surface area contributed by atoms with E-state index in [9.17, 15) is 4.57 Å². The highest BCUT2D eigenvalue weighted by Crippen LogP contribution is 2.17. The van der Waals surface area contributed by atoms with Crippen molar-refractivity contribution in [3.05, 3.63) is 0 Å². The summed E-state index contributed by atoms with van der Waals surface area (Å²) in [5.74, 6) is 0.385. The highest BCUT2D eigenvalue weighted by Gasteiger charge is 2.13. The second-order valence-corrected chi connectivity index (χ2v) is 3.16. The molecule has 0 bridgehead atoms. The summed E-state index contributed by atoms with van der Waals surface area (Å²) in [5, 5.41) is 0. The van der Waals surface area contributed by atoms with Crippen LogP contribution in [0.15, 0.2) is 0 Å². The van der Waals surface area contributed by atoms with Gasteiger partial charge >= 0.3 is 8.25 Å². The Morgan fingerprint density at radius 1 is 1.70 bits per heavy atom. The maximum Gasteiger partial charge on any atom is 0.694 e. The Bertz CT molecular complexity index is 105. The third kappa shape index (κ3) is 6.14. The maximum absolute atomic E-state index is 10.0. The van der Waals surface area contributed by atoms with E-state index in [2.05, 4.69) is 11.4 Å². The smallest absolute Gasteiger partial charge is 0.133 e. The summed E-state index contributed by atoms with van der Waals surface area (Å²) < 4.78 is 14.6. The highest BCUT2D eigenvalue weighted by molar-refractivity contribution is 7.32. The minimum absolute atomic E-state index is 0.385. The van der Waals surface area contributed by atoms with Crippen molar-refractivity contribution >= 4 is 8.25 Å². The van der Waals surface area contributed by atoms with Gasteiger partial charge in [0.15, 0.2) is 0 Å². The lowest BCUT2D eigenvalue weighted by Gasteiger charge is -2.02. The Kier molecular flexibility index (Phi) is 5.79. The molecule has 2 atom stereocenters. The van der Waals surface area contributed by atoms with Crippen LogP contribution < -0.4 is 0 Å². The lowest BCUT2D eigenvalue weighted by molar-refractivity contribution is 0.233. The van der Waals surface area contributed by atoms with Gasteiger partial charge in [-0.25, -0.2) is 0 Å². The zero-order chi connectivity index (χ0) is 7.98. The van der Waals surface area contributed by atoms with E-state index in [1.165, 1.54) is 0 Å². The zero-order valence-corrected chi connectivity index (χ0v) is 7.30. The summed E-state index contributed by atoms with van der Waals surface area (Å²) in [6.45, 7) is 4.47. The van der Waals surface area contributed by atoms with E-state index in [0.29, 0.717) is 12.5 Å². The lowest BCUT2D eigenvalue weighted by Crippen LogP contribution is -2.01. The summed E-state index contributed by atoms with van der Waals surface area (Å²) >= 11 is 0. The topological polar surface area (TPSA) is 46.5 Å². The third-order valence-corrected chi connectivity index (χ3v) is 1.62. The Hall–Kier alpha value is 0.0200. The molecule has 0 amide bonds. The van der Waals surface area contributed by atoms with Crippen molar-refractivity contribution in [2.75, 3.05) is 6.61 Å². The monoisotopic (exact) mass is 165 g/mol. The van der Waals surface area contributed by atoms with Gasteiger partial charge in [0.2, 0.25) is 0 Å². The van der Waals surface area contributed by atoms with Crippen molar-refractivity contribution in [3.8, 4) is 0 Å². The second kappa shape index (κ2) is 5.78. The van der Waals surface area contributed by atoms with E-state index in [-0.39, 0.29) is 0 Å². The SMILES string of the molecule is CCCC(C)CO[P+](=O)O. The fourth-order valence-electron chi connectivity index (χ4n) is 0.767. The number of hydrogen-bond acceptors (Lipinski definition) is 2. The van der Waals surface area contributed by atoms with E-state index < -0.39 is 8.25 Å². The van der Waals surface area contributed by atoms with Crippen LogP contribution in [0.4, 0.5) is 0 Å². The largest absolute Gasteiger partial charge is 0.694 e. The van der Waals surface area contributed by atoms with Gasteiger partial charge < -0.3 is 0 Å². The first-order valence-corrected chi connectivity index (χ1v) is 4.59. The third-order valence-electron chi connectivity index (χ3n) is 1.25. The number of rotatable bonds is 5. The first kappa shape index (κ1) is 10.0. The van der Waals surface area contributed by atoms with Gasteiger partial charge in [0.05, 0.1) is 0 Å². The Morgan fingerprint density at radius 2 is 2.30 bits per heavy atom. The van der Waals surface area contributed by atoms with Crippen LogP contribution in [-0.4, -0.2) is 11.5 Å². The summed E-state index contributed by atoms with van der Waals surface area (Å²) in [4.78, 5) is 8.26. The van der Waals surface area contributed by atoms with Crippen LogP contribution in [0.1, 0.15) is 26.7 Å². The molecule has 10 heavy (non-hydrogen) atoms. The minimum Gasteiger partial charge on any atom is -0.133 e. The van der Waals surface area contributed by atoms with Gasteiger partial charge in [-0.1, -0.05) is 20.3 Å². The molecular weight excluding hydrogens is 151 g/mol. The van der Waals surface area contributed by atoms with Gasteiger partial charge in [0.1, 0.15) is 6.61 Å². The van der Waals surface area contributed by atoms with E-state index >= 15 is 0 Å². The standard InChI is InChI=1S/C6H13O3P/c1-3-4-6(2)5-9-10(7)8/h6H,3-5H2,1-2H3/p+1. The van der Waals surface area contributed by atoms with Gasteiger partial charge in [-0.2, -0.15) is 0 Å². The molecule has 0 aromatic carbocycles. The average Bonchev–Trinajstić information content (AvgIpc) is 1.85. The molecule has 1 N–H and O–H groups in total. The molecular formula is C6H14O3P+. The quantitative estimate of drug-likeness (QED) is 0.634. The fraction of sp³-hybridized carbons (Fsp3) is 1.00. The van der Waals surface area contributed by atoms with Gasteiger partial charge in [-0.3, -0.25) is 0 Å². The molecule has 0 heterocycles. The van der Waals surface area contributed by atoms with Crippen LogP contribution in [0.3, 0.4) is 0 Å². The molecule has 2 unspecified atom stereocenters. The summed E-state index contributed by atoms with van der Waals surface area (Å²) in [6, 6.07) is 0. The van der Waals surface area contributed by atoms with Crippen molar-refractivity contribution in [2.24, 2.45) is 5.92 Å². The molecule has 4 heteroatoms. The predicted molar refractivity (Wildman–Crippen MR) is 39.8 cm³/mol. The molecule has 3 nitrogen and oxygen atoms in total. The molecule has 0 aliphatic heterocycles. The molecule has 0 aromatic heterocycles. The zero-order valence-electron chi connectivity index (χ0n) is 6.41. The van der Waals surface area contributed by atoms with Crippen molar-refractivity contribution in [3.63, 3.8) is 0 Å². The maximum atomic E-state index is 10.0. The summed E-state index contributed by atoms with van der Waals surface area (Å²) in [6.07, 6.45) is 2.13. The molecule has 0 fully saturated rings. The first-order valence-electron chi connectivity index (χ1n) is 3.45. The second-order valence-electron chi connectivity index (χ2n) is 2.43. The molecule has 0 aromatic rings. The highest BCUT2D eigenvalue weighted by atomic mass is 31.1. The van der Waals surface area contributed by atoms with Crippen LogP contribution in [0.2, 0.25) is 0 Å². The molecule has 60 valence electrons. The van der Waals surface area contributed by atoms with E-state index in [4.69, 9.17) is 4.89 Å². The van der Waals surface area contributed by atoms with E-state index in [1.807, 2.05) is 6.92 Å². The van der Waals surface area contributed by atoms with Crippen molar-refractivity contribution < 1.29 is 14.0 Å². The molecule has 0 radical (unpaired) electrons. The lowest BCUT2D eigenvalue weighted by atomic mass is 10.1. The van der Waals surface area contributed by atoms with Gasteiger partial charge in [-0.05, 0) is 12.3 Å². The van der Waals surface area contributed by atoms with Crippen LogP contribution >= 0.6 is 8.25 Å². The average molecular weight is 165 g/mol. The van der Waals surface area contributed by atoms with E-state index in [1.54, 1.807) is 0 Å². The molecule has 0 spiro atoms. The van der Waals surface area contributed by atoms with Gasteiger partial charge in [0, 0.05) is 4.57 Å².